The topological polar surface area (TPSA) is 561 Å². The van der Waals surface area contributed by atoms with Crippen molar-refractivity contribution < 1.29 is 131 Å². The van der Waals surface area contributed by atoms with Crippen molar-refractivity contribution in [3.63, 3.8) is 0 Å². The van der Waals surface area contributed by atoms with Gasteiger partial charge >= 0.3 is 0 Å². The highest BCUT2D eigenvalue weighted by molar-refractivity contribution is 7.90. The van der Waals surface area contributed by atoms with Gasteiger partial charge in [-0.2, -0.15) is 0 Å². The van der Waals surface area contributed by atoms with Crippen LogP contribution in [0.4, 0.5) is 0 Å². The molecule has 6 aromatic rings. The molecular weight excluding hydrogens is 1710 g/mol. The van der Waals surface area contributed by atoms with Gasteiger partial charge in [0.25, 0.3) is 10.0 Å². The molecule has 40 heteroatoms. The quantitative estimate of drug-likeness (QED) is 0.0459. The lowest BCUT2D eigenvalue weighted by atomic mass is 9.54. The minimum atomic E-state index is -4.94. The predicted octanol–water partition coefficient (Wildman–Crippen LogP) is 3.40. The van der Waals surface area contributed by atoms with Crippen LogP contribution in [-0.4, -0.2) is 221 Å². The van der Waals surface area contributed by atoms with E-state index in [1.165, 1.54) is 58.3 Å². The first-order chi connectivity index (χ1) is 59.9. The molecule has 7 heterocycles. The Hall–Kier alpha value is -10.3. The lowest BCUT2D eigenvalue weighted by Crippen LogP contribution is -2.64. The van der Waals surface area contributed by atoms with Gasteiger partial charge in [-0.3, -0.25) is 38.4 Å². The highest BCUT2D eigenvalue weighted by Crippen LogP contribution is 2.55. The molecule has 0 radical (unpaired) electrons. The Kier molecular flexibility index (Phi) is 27.7. The van der Waals surface area contributed by atoms with Crippen molar-refractivity contribution in [2.45, 2.75) is 206 Å². The number of hydrogen-bond acceptors (Lipinski definition) is 29. The third kappa shape index (κ3) is 19.7. The Bertz CT molecular complexity index is 5240. The van der Waals surface area contributed by atoms with Gasteiger partial charge in [0.2, 0.25) is 59.3 Å². The van der Waals surface area contributed by atoms with Crippen molar-refractivity contribution in [2.24, 2.45) is 35.3 Å². The summed E-state index contributed by atoms with van der Waals surface area (Å²) in [4.78, 5) is 125. The number of sulfonamides is 1. The summed E-state index contributed by atoms with van der Waals surface area (Å²) in [5, 5.41) is 127. The molecule has 4 aliphatic carbocycles. The molecule has 678 valence electrons. The van der Waals surface area contributed by atoms with Gasteiger partial charge in [-0.05, 0) is 196 Å². The number of likely N-dealkylation sites (N-methyl/N-ethyl adjacent to an activating group) is 1. The Morgan fingerprint density at radius 2 is 1.29 bits per heavy atom. The van der Waals surface area contributed by atoms with E-state index in [1.807, 2.05) is 4.72 Å². The molecule has 2 saturated heterocycles. The molecule has 11 aliphatic rings. The number of carbonyl (C=O) groups is 8. The van der Waals surface area contributed by atoms with Gasteiger partial charge in [-0.1, -0.05) is 55.2 Å². The number of aliphatic hydroxyl groups is 6. The molecule has 20 N–H and O–H groups in total. The number of nitrogens with one attached hydrogen (secondary N) is 9. The number of halogens is 2. The van der Waals surface area contributed by atoms with E-state index in [0.29, 0.717) is 24.9 Å². The second kappa shape index (κ2) is 38.0. The Balaban J connectivity index is 0.964. The van der Waals surface area contributed by atoms with E-state index in [1.54, 1.807) is 13.8 Å². The number of methoxy groups -OCH3 is 1. The van der Waals surface area contributed by atoms with E-state index in [0.717, 1.165) is 105 Å². The maximum Gasteiger partial charge on any atom is 0.264 e. The number of benzene rings is 6. The maximum atomic E-state index is 16.7. The SMILES string of the molecule is CN[C@H](CC(C)C)C(=O)N[C@H]1C(=O)N[C@@H](CC(=O)NS(=O)(=O)c2ccc(OCCCOC)cc2)C(=O)N[C@H]2C(=O)N[C@H]3C(=O)N[C@H](C(=O)N[C@H](C(=O)NC4C5CC6CC(C5)CC4C6)c4cc(O)cc(O)c4-c4cc3ccc4O)[C@H](O)c3ccc(c(Cl)c3)Oc3cc2cc(c3O[C@@H]2O[C@H](CO)[C@@H](O)[C@H](O)[C@H]2O[C@H]2C[C@](C)(N)[C@H](O)[C@H](C)O2)Oc2ccc(cc2Cl)[C@H]1O. The highest BCUT2D eigenvalue weighted by Gasteiger charge is 2.53. The van der Waals surface area contributed by atoms with Crippen LogP contribution in [0.2, 0.25) is 10.0 Å². The van der Waals surface area contributed by atoms with E-state index in [2.05, 4.69) is 42.5 Å². The lowest BCUT2D eigenvalue weighted by molar-refractivity contribution is -0.333. The summed E-state index contributed by atoms with van der Waals surface area (Å²) in [5.41, 5.74) is 2.70. The molecule has 126 heavy (non-hydrogen) atoms. The Labute approximate surface area is 733 Å². The number of phenols is 3. The second-order valence-corrected chi connectivity index (χ2v) is 36.6. The number of amides is 8. The van der Waals surface area contributed by atoms with Crippen molar-refractivity contribution >= 4 is 80.5 Å². The molecule has 4 saturated carbocycles. The van der Waals surface area contributed by atoms with Crippen molar-refractivity contribution in [3.05, 3.63) is 141 Å². The summed E-state index contributed by atoms with van der Waals surface area (Å²) in [6.45, 7) is 6.12. The molecular formula is C86H102Cl2N10O27S. The molecule has 15 bridgehead atoms. The highest BCUT2D eigenvalue weighted by atomic mass is 35.5. The average Bonchev–Trinajstić information content (AvgIpc) is 0.756. The molecule has 17 rings (SSSR count). The maximum absolute atomic E-state index is 16.7. The van der Waals surface area contributed by atoms with Gasteiger partial charge in [-0.15, -0.1) is 0 Å². The monoisotopic (exact) mass is 1810 g/mol. The van der Waals surface area contributed by atoms with Crippen LogP contribution in [0.1, 0.15) is 144 Å². The summed E-state index contributed by atoms with van der Waals surface area (Å²) in [6, 6.07) is 3.95. The van der Waals surface area contributed by atoms with Gasteiger partial charge in [0, 0.05) is 55.3 Å². The summed E-state index contributed by atoms with van der Waals surface area (Å²) in [7, 11) is -1.99. The standard InChI is InChI=1S/C86H102Cl2N10O27S/c1-36(2)20-53(90-5)78(109)96-69-71(104)41-9-16-57(51(87)27-41)121-59-29-45-30-60(75(59)125-85-76(74(107)73(106)61(35-99)123-85)124-63-34-86(4,89)77(108)37(3)120-63)122-58-17-10-42(28-52(58)88)72(105)70-84(115)95-68(82(113)92-65-43-22-38-21-39(24-43)25-44(65)23-38)50-31-46(100)32-56(102)64(50)49-26-40(8-15-55(49)101)66(80(111)97-70)94-81(112)67(45)93-79(110)54(91-83(69)114)33-62(103)98-126(116,117)48-13-11-47(12-14-48)119-19-7-18-118-6/h8-17,26-32,36-39,43-44,53-54,61,63,65-74,76-77,85,90,99-102,104-108H,7,18-25,33-35,89H2,1-6H3,(H,91,114)(H,92,113)(H,93,110)(H,94,112)(H,95,115)(H,96,109)(H,97,111)(H,98,103)/t37-,38?,39?,43?,44?,53+,54-,61+,63-,65?,66+,67+,68-,69+,70-,71+,72+,73+,74-,76+,77+,85-,86-/m0/s1. The lowest BCUT2D eigenvalue weighted by Gasteiger charge is -2.54. The van der Waals surface area contributed by atoms with Gasteiger partial charge in [-0.25, -0.2) is 13.1 Å². The zero-order chi connectivity index (χ0) is 90.4. The first kappa shape index (κ1) is 91.9. The van der Waals surface area contributed by atoms with Crippen LogP contribution in [0.15, 0.2) is 108 Å². The largest absolute Gasteiger partial charge is 0.508 e. The summed E-state index contributed by atoms with van der Waals surface area (Å²) < 4.78 is 80.3. The molecule has 7 aliphatic heterocycles. The average molecular weight is 1810 g/mol. The number of hydrogen-bond donors (Lipinski definition) is 19. The second-order valence-electron chi connectivity index (χ2n) is 34.1. The van der Waals surface area contributed by atoms with Gasteiger partial charge in [0.05, 0.1) is 52.8 Å². The fraction of sp³-hybridized carbons (Fsp3) is 0.488. The van der Waals surface area contributed by atoms with Crippen molar-refractivity contribution in [2.75, 3.05) is 34.0 Å². The Morgan fingerprint density at radius 3 is 1.90 bits per heavy atom. The zero-order valence-corrected chi connectivity index (χ0v) is 71.5. The van der Waals surface area contributed by atoms with E-state index >= 15 is 28.8 Å². The van der Waals surface area contributed by atoms with Gasteiger partial charge in [0.15, 0.2) is 23.9 Å². The van der Waals surface area contributed by atoms with E-state index in [-0.39, 0.29) is 76.5 Å². The van der Waals surface area contributed by atoms with Gasteiger partial charge < -0.3 is 132 Å². The van der Waals surface area contributed by atoms with E-state index in [9.17, 15) is 64.0 Å². The molecule has 8 amide bonds. The third-order valence-corrected chi connectivity index (χ3v) is 26.4. The first-order valence-electron chi connectivity index (χ1n) is 41.4. The first-order valence-corrected chi connectivity index (χ1v) is 43.6. The number of rotatable bonds is 21. The molecule has 37 nitrogen and oxygen atoms in total. The normalized spacial score (nSPS) is 30.3. The number of ether oxygens (including phenoxy) is 8. The van der Waals surface area contributed by atoms with E-state index < -0.39 is 252 Å². The zero-order valence-electron chi connectivity index (χ0n) is 69.2. The van der Waals surface area contributed by atoms with Crippen LogP contribution in [0.5, 0.6) is 51.7 Å². The smallest absolute Gasteiger partial charge is 0.264 e. The van der Waals surface area contributed by atoms with Crippen LogP contribution in [0.3, 0.4) is 0 Å². The van der Waals surface area contributed by atoms with Crippen LogP contribution in [-0.2, 0) is 67.3 Å². The summed E-state index contributed by atoms with van der Waals surface area (Å²) in [6.07, 6.45) is -14.6. The fourth-order valence-electron chi connectivity index (χ4n) is 18.3. The van der Waals surface area contributed by atoms with Crippen molar-refractivity contribution in [3.8, 4) is 62.9 Å². The number of fused-ring (bicyclic) bond motifs is 15. The van der Waals surface area contributed by atoms with Crippen LogP contribution in [0, 0.1) is 29.6 Å². The molecule has 0 unspecified atom stereocenters. The number of carbonyl (C=O) groups excluding carboxylic acids is 8. The minimum Gasteiger partial charge on any atom is -0.508 e. The Morgan fingerprint density at radius 1 is 0.675 bits per heavy atom. The third-order valence-electron chi connectivity index (χ3n) is 24.5. The molecule has 6 fully saturated rings. The molecule has 18 atom stereocenters. The van der Waals surface area contributed by atoms with Gasteiger partial charge in [0.1, 0.15) is 101 Å². The van der Waals surface area contributed by atoms with Crippen molar-refractivity contribution in [1.29, 1.82) is 0 Å². The number of aromatic hydroxyl groups is 3. The molecule has 6 aromatic carbocycles. The molecule has 0 spiro atoms. The summed E-state index contributed by atoms with van der Waals surface area (Å²) >= 11 is 14.5. The number of phenolic OH excluding ortho intramolecular Hbond substituents is 3. The fourth-order valence-corrected chi connectivity index (χ4v) is 19.7. The number of nitrogens with two attached hydrogens (primary N) is 1. The summed E-state index contributed by atoms with van der Waals surface area (Å²) in [5.74, 6) is -14.3. The minimum absolute atomic E-state index is 0.0428. The van der Waals surface area contributed by atoms with Crippen LogP contribution < -0.4 is 71.9 Å². The number of aliphatic hydroxyl groups excluding tert-OH is 6. The predicted molar refractivity (Wildman–Crippen MR) is 445 cm³/mol. The van der Waals surface area contributed by atoms with E-state index in [4.69, 9.17) is 66.8 Å². The van der Waals surface area contributed by atoms with Crippen LogP contribution >= 0.6 is 23.2 Å². The van der Waals surface area contributed by atoms with Crippen molar-refractivity contribution in [1.82, 2.24) is 47.3 Å². The van der Waals surface area contributed by atoms with Crippen LogP contribution in [0.25, 0.3) is 11.1 Å². The molecule has 0 aromatic heterocycles.